The standard InChI is InChI=1S/C4H10FO2P/c1-4(2)7-8(3,5)6/h4H,1-3H3/t8-/m0/s1. The Kier molecular flexibility index (Phi) is 2.64. The Labute approximate surface area is 48.6 Å². The van der Waals surface area contributed by atoms with Crippen molar-refractivity contribution in [3.63, 3.8) is 0 Å². The fourth-order valence-corrected chi connectivity index (χ4v) is 1.13. The van der Waals surface area contributed by atoms with E-state index in [1.165, 1.54) is 0 Å². The van der Waals surface area contributed by atoms with E-state index in [1.54, 1.807) is 13.8 Å². The highest BCUT2D eigenvalue weighted by atomic mass is 31.2. The lowest BCUT2D eigenvalue weighted by Crippen LogP contribution is -1.96. The zero-order chi connectivity index (χ0) is 6.78. The van der Waals surface area contributed by atoms with E-state index >= 15 is 0 Å². The predicted molar refractivity (Wildman–Crippen MR) is 30.9 cm³/mol. The Morgan fingerprint density at radius 3 is 2.00 bits per heavy atom. The van der Waals surface area contributed by atoms with Crippen LogP contribution >= 0.6 is 7.68 Å². The van der Waals surface area contributed by atoms with Crippen molar-refractivity contribution >= 4 is 7.68 Å². The van der Waals surface area contributed by atoms with Gasteiger partial charge in [0.1, 0.15) is 0 Å². The van der Waals surface area contributed by atoms with Crippen molar-refractivity contribution in [2.24, 2.45) is 0 Å². The number of rotatable bonds is 2. The Balaban J connectivity index is 3.56. The molecular weight excluding hydrogens is 130 g/mol. The van der Waals surface area contributed by atoms with E-state index in [1.807, 2.05) is 0 Å². The van der Waals surface area contributed by atoms with E-state index in [4.69, 9.17) is 0 Å². The van der Waals surface area contributed by atoms with Crippen LogP contribution in [0.15, 0.2) is 0 Å². The van der Waals surface area contributed by atoms with Gasteiger partial charge in [0.15, 0.2) is 0 Å². The summed E-state index contributed by atoms with van der Waals surface area (Å²) in [5.74, 6) is 0. The van der Waals surface area contributed by atoms with Crippen molar-refractivity contribution in [1.82, 2.24) is 0 Å². The molecule has 4 heteroatoms. The minimum Gasteiger partial charge on any atom is -0.303 e. The van der Waals surface area contributed by atoms with Gasteiger partial charge in [-0.1, -0.05) is 0 Å². The van der Waals surface area contributed by atoms with Gasteiger partial charge >= 0.3 is 7.68 Å². The van der Waals surface area contributed by atoms with Crippen LogP contribution in [0.25, 0.3) is 0 Å². The average Bonchev–Trinajstić information content (AvgIpc) is 1.21. The molecule has 0 aromatic rings. The quantitative estimate of drug-likeness (QED) is 0.549. The lowest BCUT2D eigenvalue weighted by atomic mass is 10.5. The maximum atomic E-state index is 12.0. The van der Waals surface area contributed by atoms with Crippen LogP contribution in [0.5, 0.6) is 0 Å². The molecule has 50 valence electrons. The predicted octanol–water partition coefficient (Wildman–Crippen LogP) is 2.20. The Morgan fingerprint density at radius 2 is 2.00 bits per heavy atom. The molecule has 0 radical (unpaired) electrons. The number of halogens is 1. The molecule has 0 aliphatic rings. The molecule has 0 aliphatic heterocycles. The molecule has 0 aromatic carbocycles. The summed E-state index contributed by atoms with van der Waals surface area (Å²) in [6.07, 6.45) is -0.296. The molecule has 1 atom stereocenters. The highest BCUT2D eigenvalue weighted by Gasteiger charge is 2.13. The molecule has 0 rings (SSSR count). The normalized spacial score (nSPS) is 18.6. The van der Waals surface area contributed by atoms with E-state index in [2.05, 4.69) is 4.52 Å². The third-order valence-corrected chi connectivity index (χ3v) is 1.20. The molecular formula is C4H10FO2P. The highest BCUT2D eigenvalue weighted by Crippen LogP contribution is 2.44. The van der Waals surface area contributed by atoms with Gasteiger partial charge in [-0.05, 0) is 13.8 Å². The summed E-state index contributed by atoms with van der Waals surface area (Å²) in [7, 11) is -3.72. The summed E-state index contributed by atoms with van der Waals surface area (Å²) in [5, 5.41) is 0. The van der Waals surface area contributed by atoms with Crippen LogP contribution in [-0.4, -0.2) is 12.8 Å². The van der Waals surface area contributed by atoms with Crippen LogP contribution < -0.4 is 0 Å². The van der Waals surface area contributed by atoms with Gasteiger partial charge in [0.25, 0.3) is 0 Å². The minimum atomic E-state index is -3.72. The first kappa shape index (κ1) is 8.12. The van der Waals surface area contributed by atoms with E-state index in [-0.39, 0.29) is 6.10 Å². The van der Waals surface area contributed by atoms with Crippen molar-refractivity contribution in [2.45, 2.75) is 20.0 Å². The van der Waals surface area contributed by atoms with Crippen LogP contribution in [0.3, 0.4) is 0 Å². The molecule has 0 heterocycles. The molecule has 0 amide bonds. The second-order valence-electron chi connectivity index (χ2n) is 1.90. The van der Waals surface area contributed by atoms with Gasteiger partial charge < -0.3 is 4.52 Å². The summed E-state index contributed by atoms with van der Waals surface area (Å²) in [5.41, 5.74) is 0. The van der Waals surface area contributed by atoms with Crippen molar-refractivity contribution in [2.75, 3.05) is 6.66 Å². The van der Waals surface area contributed by atoms with Crippen LogP contribution in [0.2, 0.25) is 0 Å². The van der Waals surface area contributed by atoms with Gasteiger partial charge in [-0.25, -0.2) is 0 Å². The fraction of sp³-hybridized carbons (Fsp3) is 1.00. The molecule has 0 N–H and O–H groups in total. The van der Waals surface area contributed by atoms with Gasteiger partial charge in [-0.2, -0.15) is 4.20 Å². The number of hydrogen-bond donors (Lipinski definition) is 0. The van der Waals surface area contributed by atoms with Crippen LogP contribution in [0.1, 0.15) is 13.8 Å². The molecule has 0 bridgehead atoms. The lowest BCUT2D eigenvalue weighted by Gasteiger charge is -2.06. The van der Waals surface area contributed by atoms with E-state index < -0.39 is 7.68 Å². The second-order valence-corrected chi connectivity index (χ2v) is 3.61. The monoisotopic (exact) mass is 140 g/mol. The molecule has 0 spiro atoms. The van der Waals surface area contributed by atoms with Gasteiger partial charge in [0.2, 0.25) is 0 Å². The molecule has 0 fully saturated rings. The SMILES string of the molecule is CC(C)O[P@](C)(=O)F. The van der Waals surface area contributed by atoms with Gasteiger partial charge in [-0.3, -0.25) is 4.57 Å². The van der Waals surface area contributed by atoms with E-state index in [0.717, 1.165) is 6.66 Å². The molecule has 2 nitrogen and oxygen atoms in total. The summed E-state index contributed by atoms with van der Waals surface area (Å²) in [6.45, 7) is 4.22. The van der Waals surface area contributed by atoms with Gasteiger partial charge in [-0.15, -0.1) is 0 Å². The highest BCUT2D eigenvalue weighted by molar-refractivity contribution is 7.52. The molecule has 0 unspecified atom stereocenters. The first-order valence-corrected chi connectivity index (χ1v) is 4.33. The average molecular weight is 140 g/mol. The zero-order valence-electron chi connectivity index (χ0n) is 5.22. The Morgan fingerprint density at radius 1 is 1.62 bits per heavy atom. The lowest BCUT2D eigenvalue weighted by molar-refractivity contribution is 0.227. The summed E-state index contributed by atoms with van der Waals surface area (Å²) < 4.78 is 26.4. The fourth-order valence-electron chi connectivity index (χ4n) is 0.377. The van der Waals surface area contributed by atoms with Crippen LogP contribution in [-0.2, 0) is 9.09 Å². The smallest absolute Gasteiger partial charge is 0.303 e. The Hall–Kier alpha value is 0.120. The molecule has 0 saturated heterocycles. The molecule has 8 heavy (non-hydrogen) atoms. The van der Waals surface area contributed by atoms with E-state index in [9.17, 15) is 8.76 Å². The first-order chi connectivity index (χ1) is 3.42. The van der Waals surface area contributed by atoms with Crippen molar-refractivity contribution in [3.8, 4) is 0 Å². The van der Waals surface area contributed by atoms with Crippen molar-refractivity contribution < 1.29 is 13.3 Å². The molecule has 0 aliphatic carbocycles. The van der Waals surface area contributed by atoms with Crippen molar-refractivity contribution in [1.29, 1.82) is 0 Å². The third kappa shape index (κ3) is 6.12. The Bertz CT molecular complexity index is 107. The zero-order valence-corrected chi connectivity index (χ0v) is 6.11. The van der Waals surface area contributed by atoms with E-state index in [0.29, 0.717) is 0 Å². The second kappa shape index (κ2) is 2.60. The maximum absolute atomic E-state index is 12.0. The van der Waals surface area contributed by atoms with Crippen molar-refractivity contribution in [3.05, 3.63) is 0 Å². The summed E-state index contributed by atoms with van der Waals surface area (Å²) >= 11 is 0. The summed E-state index contributed by atoms with van der Waals surface area (Å²) in [6, 6.07) is 0. The largest absolute Gasteiger partial charge is 0.364 e. The van der Waals surface area contributed by atoms with Crippen LogP contribution in [0.4, 0.5) is 4.20 Å². The molecule has 0 aromatic heterocycles. The number of hydrogen-bond acceptors (Lipinski definition) is 2. The topological polar surface area (TPSA) is 26.3 Å². The summed E-state index contributed by atoms with van der Waals surface area (Å²) in [4.78, 5) is 0. The third-order valence-electron chi connectivity index (χ3n) is 0.399. The minimum absolute atomic E-state index is 0.296. The first-order valence-electron chi connectivity index (χ1n) is 2.37. The van der Waals surface area contributed by atoms with Crippen LogP contribution in [0, 0.1) is 0 Å². The molecule has 0 saturated carbocycles. The maximum Gasteiger partial charge on any atom is 0.364 e. The van der Waals surface area contributed by atoms with Gasteiger partial charge in [0, 0.05) is 6.66 Å². The van der Waals surface area contributed by atoms with Gasteiger partial charge in [0.05, 0.1) is 6.10 Å².